The Morgan fingerprint density at radius 1 is 0.907 bits per heavy atom. The quantitative estimate of drug-likeness (QED) is 0.313. The van der Waals surface area contributed by atoms with Gasteiger partial charge in [-0.15, -0.1) is 5.10 Å². The van der Waals surface area contributed by atoms with E-state index in [1.165, 1.54) is 13.9 Å². The van der Waals surface area contributed by atoms with Gasteiger partial charge in [0.15, 0.2) is 5.78 Å². The van der Waals surface area contributed by atoms with Crippen LogP contribution in [0.4, 0.5) is 0 Å². The molecule has 2 aromatic carbocycles. The predicted octanol–water partition coefficient (Wildman–Crippen LogP) is 4.74. The van der Waals surface area contributed by atoms with Crippen LogP contribution in [-0.2, 0) is 17.9 Å². The summed E-state index contributed by atoms with van der Waals surface area (Å²) in [5, 5.41) is 8.43. The van der Waals surface area contributed by atoms with Gasteiger partial charge in [0.1, 0.15) is 24.1 Å². The first-order chi connectivity index (χ1) is 20.8. The smallest absolute Gasteiger partial charge is 0.351 e. The zero-order valence-corrected chi connectivity index (χ0v) is 24.6. The Balaban J connectivity index is 1.16. The van der Waals surface area contributed by atoms with Crippen molar-refractivity contribution in [2.24, 2.45) is 5.41 Å². The van der Waals surface area contributed by atoms with Crippen LogP contribution in [0.5, 0.6) is 5.75 Å². The SMILES string of the molecule is CC1(C)CC(=O)C2=C(C1)n1c(=O)n(C3CCCCC3)c(=O)n1C2c1ccc(OCc2cn(Cc3ccccc3)nn2)cc1. The highest BCUT2D eigenvalue weighted by Crippen LogP contribution is 2.47. The maximum absolute atomic E-state index is 13.9. The van der Waals surface area contributed by atoms with Crippen LogP contribution in [0.2, 0.25) is 0 Å². The van der Waals surface area contributed by atoms with E-state index in [4.69, 9.17) is 4.74 Å². The summed E-state index contributed by atoms with van der Waals surface area (Å²) >= 11 is 0. The molecule has 43 heavy (non-hydrogen) atoms. The highest BCUT2D eigenvalue weighted by atomic mass is 16.5. The van der Waals surface area contributed by atoms with Gasteiger partial charge in [-0.25, -0.2) is 28.2 Å². The standard InChI is InChI=1S/C33H36N6O4/c1-33(2)17-27-29(28(40)18-33)30(39-32(42)37(31(41)38(27)39)25-11-7-4-8-12-25)23-13-15-26(16-14-23)43-21-24-20-36(35-34-24)19-22-9-5-3-6-10-22/h3,5-6,9-10,13-16,20,25,30H,4,7-8,11-12,17-19,21H2,1-2H3. The summed E-state index contributed by atoms with van der Waals surface area (Å²) in [5.74, 6) is 0.628. The number of nitrogens with zero attached hydrogens (tertiary/aromatic N) is 6. The van der Waals surface area contributed by atoms with Gasteiger partial charge in [-0.3, -0.25) is 4.79 Å². The number of hydrogen-bond donors (Lipinski definition) is 0. The molecule has 0 bridgehead atoms. The van der Waals surface area contributed by atoms with Crippen LogP contribution in [0.1, 0.15) is 87.7 Å². The highest BCUT2D eigenvalue weighted by Gasteiger charge is 2.46. The van der Waals surface area contributed by atoms with Crippen molar-refractivity contribution < 1.29 is 9.53 Å². The van der Waals surface area contributed by atoms with Crippen molar-refractivity contribution in [3.63, 3.8) is 0 Å². The van der Waals surface area contributed by atoms with Crippen molar-refractivity contribution in [1.29, 1.82) is 0 Å². The second-order valence-electron chi connectivity index (χ2n) is 12.8. The largest absolute Gasteiger partial charge is 0.487 e. The fourth-order valence-electron chi connectivity index (χ4n) is 6.98. The summed E-state index contributed by atoms with van der Waals surface area (Å²) in [7, 11) is 0. The number of carbonyl (C=O) groups is 1. The van der Waals surface area contributed by atoms with Gasteiger partial charge in [0, 0.05) is 18.0 Å². The third-order valence-corrected chi connectivity index (χ3v) is 8.97. The number of aromatic nitrogens is 6. The second kappa shape index (κ2) is 10.7. The van der Waals surface area contributed by atoms with Gasteiger partial charge in [0.2, 0.25) is 0 Å². The normalized spacial score (nSPS) is 19.9. The maximum Gasteiger partial charge on any atom is 0.351 e. The number of carbonyl (C=O) groups excluding carboxylic acids is 1. The van der Waals surface area contributed by atoms with Gasteiger partial charge < -0.3 is 4.74 Å². The molecule has 0 saturated heterocycles. The van der Waals surface area contributed by atoms with Crippen LogP contribution in [0.25, 0.3) is 5.70 Å². The number of ketones is 1. The molecule has 3 heterocycles. The predicted molar refractivity (Wildman–Crippen MR) is 161 cm³/mol. The Bertz CT molecular complexity index is 1820. The van der Waals surface area contributed by atoms with Crippen LogP contribution >= 0.6 is 0 Å². The molecule has 0 N–H and O–H groups in total. The van der Waals surface area contributed by atoms with Gasteiger partial charge in [0.25, 0.3) is 0 Å². The lowest BCUT2D eigenvalue weighted by atomic mass is 9.74. The van der Waals surface area contributed by atoms with E-state index in [1.807, 2.05) is 74.6 Å². The molecule has 0 spiro atoms. The first-order valence-electron chi connectivity index (χ1n) is 15.2. The van der Waals surface area contributed by atoms with Crippen LogP contribution in [-0.4, -0.2) is 34.7 Å². The van der Waals surface area contributed by atoms with Crippen molar-refractivity contribution >= 4 is 11.5 Å². The Kier molecular flexibility index (Phi) is 6.79. The fourth-order valence-corrected chi connectivity index (χ4v) is 6.98. The second-order valence-corrected chi connectivity index (χ2v) is 12.8. The maximum atomic E-state index is 13.9. The van der Waals surface area contributed by atoms with Crippen LogP contribution < -0.4 is 16.1 Å². The molecule has 0 radical (unpaired) electrons. The number of fused-ring (bicyclic) bond motifs is 2. The number of hydrogen-bond acceptors (Lipinski definition) is 6. The lowest BCUT2D eigenvalue weighted by molar-refractivity contribution is -0.118. The molecular weight excluding hydrogens is 544 g/mol. The minimum atomic E-state index is -0.643. The molecule has 2 aromatic heterocycles. The minimum Gasteiger partial charge on any atom is -0.487 e. The summed E-state index contributed by atoms with van der Waals surface area (Å²) in [6.07, 6.45) is 7.60. The van der Waals surface area contributed by atoms with Crippen LogP contribution in [0.3, 0.4) is 0 Å². The van der Waals surface area contributed by atoms with E-state index in [0.29, 0.717) is 42.1 Å². The average molecular weight is 581 g/mol. The molecule has 1 unspecified atom stereocenters. The topological polar surface area (TPSA) is 106 Å². The summed E-state index contributed by atoms with van der Waals surface area (Å²) < 4.78 is 12.3. The monoisotopic (exact) mass is 580 g/mol. The van der Waals surface area contributed by atoms with Crippen LogP contribution in [0, 0.1) is 5.41 Å². The Morgan fingerprint density at radius 2 is 1.65 bits per heavy atom. The van der Waals surface area contributed by atoms with E-state index in [0.717, 1.165) is 43.2 Å². The third-order valence-electron chi connectivity index (χ3n) is 8.97. The highest BCUT2D eigenvalue weighted by molar-refractivity contribution is 6.04. The van der Waals surface area contributed by atoms with Crippen molar-refractivity contribution in [3.05, 3.63) is 104 Å². The summed E-state index contributed by atoms with van der Waals surface area (Å²) in [6, 6.07) is 16.8. The number of Topliss-reactive ketones (excluding diaryl/α,β-unsaturated/α-hetero) is 1. The molecule has 7 rings (SSSR count). The molecule has 0 amide bonds. The fraction of sp³-hybridized carbons (Fsp3) is 0.424. The number of ether oxygens (including phenoxy) is 1. The zero-order valence-electron chi connectivity index (χ0n) is 24.6. The molecule has 1 saturated carbocycles. The van der Waals surface area contributed by atoms with Crippen molar-refractivity contribution in [2.45, 2.75) is 84.0 Å². The molecule has 1 atom stereocenters. The third kappa shape index (κ3) is 4.98. The summed E-state index contributed by atoms with van der Waals surface area (Å²) in [4.78, 5) is 41.3. The molecule has 4 aromatic rings. The van der Waals surface area contributed by atoms with E-state index < -0.39 is 6.04 Å². The first-order valence-corrected chi connectivity index (χ1v) is 15.2. The molecule has 10 nitrogen and oxygen atoms in total. The van der Waals surface area contributed by atoms with Crippen molar-refractivity contribution in [3.8, 4) is 5.75 Å². The molecule has 10 heteroatoms. The van der Waals surface area contributed by atoms with Gasteiger partial charge in [-0.2, -0.15) is 0 Å². The summed E-state index contributed by atoms with van der Waals surface area (Å²) in [5.41, 5.74) is 2.91. The van der Waals surface area contributed by atoms with Gasteiger partial charge in [-0.05, 0) is 47.9 Å². The minimum absolute atomic E-state index is 0.00520. The van der Waals surface area contributed by atoms with E-state index in [1.54, 1.807) is 4.68 Å². The average Bonchev–Trinajstić information content (AvgIpc) is 3.66. The van der Waals surface area contributed by atoms with Gasteiger partial charge in [-0.1, -0.05) is 80.8 Å². The Hall–Kier alpha value is -4.47. The lowest BCUT2D eigenvalue weighted by Gasteiger charge is -2.30. The van der Waals surface area contributed by atoms with E-state index >= 15 is 0 Å². The summed E-state index contributed by atoms with van der Waals surface area (Å²) in [6.45, 7) is 4.97. The molecule has 222 valence electrons. The number of rotatable bonds is 7. The van der Waals surface area contributed by atoms with Gasteiger partial charge in [0.05, 0.1) is 18.4 Å². The molecule has 1 aliphatic heterocycles. The van der Waals surface area contributed by atoms with Crippen molar-refractivity contribution in [2.75, 3.05) is 0 Å². The zero-order chi connectivity index (χ0) is 29.7. The number of benzene rings is 2. The number of allylic oxidation sites excluding steroid dienone is 2. The van der Waals surface area contributed by atoms with E-state index in [-0.39, 0.29) is 35.2 Å². The van der Waals surface area contributed by atoms with E-state index in [9.17, 15) is 14.4 Å². The van der Waals surface area contributed by atoms with Crippen molar-refractivity contribution in [1.82, 2.24) is 28.9 Å². The van der Waals surface area contributed by atoms with Crippen LogP contribution in [0.15, 0.2) is 76.0 Å². The first kappa shape index (κ1) is 27.4. The van der Waals surface area contributed by atoms with Gasteiger partial charge >= 0.3 is 11.4 Å². The Morgan fingerprint density at radius 3 is 2.40 bits per heavy atom. The molecule has 3 aliphatic rings. The molecule has 2 aliphatic carbocycles. The Labute approximate surface area is 249 Å². The van der Waals surface area contributed by atoms with E-state index in [2.05, 4.69) is 10.3 Å². The molecule has 1 fully saturated rings. The molecular formula is C33H36N6O4. The lowest BCUT2D eigenvalue weighted by Crippen LogP contribution is -2.37.